The van der Waals surface area contributed by atoms with Gasteiger partial charge in [-0.3, -0.25) is 4.79 Å². The molecule has 1 saturated heterocycles. The molecular formula is C11H12N4O3. The molecule has 1 heterocycles. The normalized spacial score (nSPS) is 18.8. The smallest absolute Gasteiger partial charge is 0.227 e. The molecule has 0 saturated carbocycles. The van der Waals surface area contributed by atoms with E-state index in [4.69, 9.17) is 5.53 Å². The van der Waals surface area contributed by atoms with Gasteiger partial charge in [0.25, 0.3) is 0 Å². The van der Waals surface area contributed by atoms with Crippen molar-refractivity contribution in [1.29, 1.82) is 0 Å². The fourth-order valence-electron chi connectivity index (χ4n) is 2.04. The summed E-state index contributed by atoms with van der Waals surface area (Å²) in [6, 6.07) is 4.02. The Labute approximate surface area is 103 Å². The Kier molecular flexibility index (Phi) is 3.25. The Morgan fingerprint density at radius 3 is 2.67 bits per heavy atom. The van der Waals surface area contributed by atoms with Crippen molar-refractivity contribution in [3.63, 3.8) is 0 Å². The van der Waals surface area contributed by atoms with Crippen LogP contribution in [0.4, 0.5) is 5.69 Å². The van der Waals surface area contributed by atoms with Gasteiger partial charge >= 0.3 is 0 Å². The fraction of sp³-hybridized carbons (Fsp3) is 0.364. The SMILES string of the molecule is [N-]=[N+]=NCC1CC(=O)N(c2cc(O)cc(O)c2)C1. The van der Waals surface area contributed by atoms with E-state index in [0.29, 0.717) is 18.7 Å². The zero-order valence-electron chi connectivity index (χ0n) is 9.52. The number of benzene rings is 1. The zero-order chi connectivity index (χ0) is 13.1. The highest BCUT2D eigenvalue weighted by Crippen LogP contribution is 2.31. The van der Waals surface area contributed by atoms with Crippen LogP contribution in [0, 0.1) is 5.92 Å². The number of nitrogens with zero attached hydrogens (tertiary/aromatic N) is 4. The number of phenolic OH excluding ortho intramolecular Hbond substituents is 2. The van der Waals surface area contributed by atoms with Crippen molar-refractivity contribution < 1.29 is 15.0 Å². The number of carbonyl (C=O) groups excluding carboxylic acids is 1. The molecule has 0 aliphatic carbocycles. The van der Waals surface area contributed by atoms with Crippen LogP contribution in [0.5, 0.6) is 11.5 Å². The number of hydrogen-bond donors (Lipinski definition) is 2. The lowest BCUT2D eigenvalue weighted by molar-refractivity contribution is -0.117. The van der Waals surface area contributed by atoms with E-state index in [9.17, 15) is 15.0 Å². The van der Waals surface area contributed by atoms with Gasteiger partial charge in [0.1, 0.15) is 11.5 Å². The van der Waals surface area contributed by atoms with Crippen LogP contribution in [0.15, 0.2) is 23.3 Å². The van der Waals surface area contributed by atoms with E-state index in [2.05, 4.69) is 10.0 Å². The molecule has 1 unspecified atom stereocenters. The molecule has 1 amide bonds. The summed E-state index contributed by atoms with van der Waals surface area (Å²) in [6.45, 7) is 0.685. The Morgan fingerprint density at radius 1 is 1.39 bits per heavy atom. The summed E-state index contributed by atoms with van der Waals surface area (Å²) in [4.78, 5) is 15.9. The minimum atomic E-state index is -0.113. The molecule has 7 heteroatoms. The second kappa shape index (κ2) is 4.85. The van der Waals surface area contributed by atoms with E-state index in [-0.39, 0.29) is 29.9 Å². The Bertz CT molecular complexity index is 505. The molecule has 2 rings (SSSR count). The standard InChI is InChI=1S/C11H12N4O3/c12-14-13-5-7-1-11(18)15(6-7)8-2-9(16)4-10(17)3-8/h2-4,7,16-17H,1,5-6H2. The maximum atomic E-state index is 11.8. The van der Waals surface area contributed by atoms with E-state index >= 15 is 0 Å². The number of phenols is 2. The van der Waals surface area contributed by atoms with E-state index in [1.54, 1.807) is 0 Å². The molecule has 0 radical (unpaired) electrons. The summed E-state index contributed by atoms with van der Waals surface area (Å²) >= 11 is 0. The predicted molar refractivity (Wildman–Crippen MR) is 64.2 cm³/mol. The van der Waals surface area contributed by atoms with E-state index in [0.717, 1.165) is 0 Å². The highest BCUT2D eigenvalue weighted by atomic mass is 16.3. The third kappa shape index (κ3) is 2.46. The van der Waals surface area contributed by atoms with E-state index in [1.807, 2.05) is 0 Å². The summed E-state index contributed by atoms with van der Waals surface area (Å²) < 4.78 is 0. The summed E-state index contributed by atoms with van der Waals surface area (Å²) in [6.07, 6.45) is 0.301. The lowest BCUT2D eigenvalue weighted by Crippen LogP contribution is -2.24. The van der Waals surface area contributed by atoms with Gasteiger partial charge in [-0.15, -0.1) is 0 Å². The monoisotopic (exact) mass is 248 g/mol. The van der Waals surface area contributed by atoms with Crippen molar-refractivity contribution in [3.8, 4) is 11.5 Å². The van der Waals surface area contributed by atoms with Gasteiger partial charge in [-0.05, 0) is 11.4 Å². The number of azide groups is 1. The molecule has 1 aromatic carbocycles. The predicted octanol–water partition coefficient (Wildman–Crippen LogP) is 1.76. The molecule has 1 aliphatic rings. The van der Waals surface area contributed by atoms with Crippen LogP contribution in [0.2, 0.25) is 0 Å². The molecule has 94 valence electrons. The number of carbonyl (C=O) groups is 1. The highest BCUT2D eigenvalue weighted by Gasteiger charge is 2.30. The Morgan fingerprint density at radius 2 is 2.06 bits per heavy atom. The molecule has 0 spiro atoms. The van der Waals surface area contributed by atoms with Crippen molar-refractivity contribution in [2.45, 2.75) is 6.42 Å². The van der Waals surface area contributed by atoms with Crippen molar-refractivity contribution >= 4 is 11.6 Å². The second-order valence-corrected chi connectivity index (χ2v) is 4.20. The van der Waals surface area contributed by atoms with Gasteiger partial charge in [-0.1, -0.05) is 5.11 Å². The highest BCUT2D eigenvalue weighted by molar-refractivity contribution is 5.96. The van der Waals surface area contributed by atoms with Crippen LogP contribution in [0.25, 0.3) is 10.4 Å². The van der Waals surface area contributed by atoms with Gasteiger partial charge in [-0.2, -0.15) is 0 Å². The van der Waals surface area contributed by atoms with Gasteiger partial charge in [-0.25, -0.2) is 0 Å². The van der Waals surface area contributed by atoms with E-state index < -0.39 is 0 Å². The molecule has 1 fully saturated rings. The van der Waals surface area contributed by atoms with Crippen LogP contribution in [0.1, 0.15) is 6.42 Å². The van der Waals surface area contributed by atoms with Gasteiger partial charge in [0, 0.05) is 42.6 Å². The first-order chi connectivity index (χ1) is 8.60. The molecule has 7 nitrogen and oxygen atoms in total. The summed E-state index contributed by atoms with van der Waals surface area (Å²) in [5.41, 5.74) is 8.69. The topological polar surface area (TPSA) is 110 Å². The van der Waals surface area contributed by atoms with Gasteiger partial charge in [0.15, 0.2) is 0 Å². The first-order valence-corrected chi connectivity index (χ1v) is 5.44. The van der Waals surface area contributed by atoms with Crippen molar-refractivity contribution in [2.75, 3.05) is 18.0 Å². The number of amides is 1. The van der Waals surface area contributed by atoms with Gasteiger partial charge in [0.2, 0.25) is 5.91 Å². The molecule has 0 bridgehead atoms. The average Bonchev–Trinajstić information content (AvgIpc) is 2.66. The number of aromatic hydroxyl groups is 2. The number of hydrogen-bond acceptors (Lipinski definition) is 4. The molecule has 18 heavy (non-hydrogen) atoms. The fourth-order valence-corrected chi connectivity index (χ4v) is 2.04. The number of anilines is 1. The summed E-state index contributed by atoms with van der Waals surface area (Å²) in [5, 5.41) is 22.2. The maximum Gasteiger partial charge on any atom is 0.227 e. The van der Waals surface area contributed by atoms with Crippen LogP contribution < -0.4 is 4.90 Å². The molecule has 1 atom stereocenters. The summed E-state index contributed by atoms with van der Waals surface area (Å²) in [5.74, 6) is -0.344. The van der Waals surface area contributed by atoms with Crippen molar-refractivity contribution in [3.05, 3.63) is 28.6 Å². The molecule has 0 aromatic heterocycles. The third-order valence-corrected chi connectivity index (χ3v) is 2.81. The first kappa shape index (κ1) is 12.1. The maximum absolute atomic E-state index is 11.8. The van der Waals surface area contributed by atoms with Gasteiger partial charge in [0.05, 0.1) is 5.69 Å². The Balaban J connectivity index is 2.18. The quantitative estimate of drug-likeness (QED) is 0.483. The molecule has 1 aliphatic heterocycles. The zero-order valence-corrected chi connectivity index (χ0v) is 9.52. The van der Waals surface area contributed by atoms with Crippen LogP contribution in [-0.2, 0) is 4.79 Å². The minimum absolute atomic E-state index is 0.0297. The second-order valence-electron chi connectivity index (χ2n) is 4.20. The third-order valence-electron chi connectivity index (χ3n) is 2.81. The van der Waals surface area contributed by atoms with Crippen LogP contribution in [-0.4, -0.2) is 29.2 Å². The minimum Gasteiger partial charge on any atom is -0.508 e. The molecule has 2 N–H and O–H groups in total. The molecular weight excluding hydrogens is 236 g/mol. The lowest BCUT2D eigenvalue weighted by Gasteiger charge is -2.17. The summed E-state index contributed by atoms with van der Waals surface area (Å²) in [7, 11) is 0. The van der Waals surface area contributed by atoms with Crippen LogP contribution >= 0.6 is 0 Å². The average molecular weight is 248 g/mol. The van der Waals surface area contributed by atoms with Crippen molar-refractivity contribution in [1.82, 2.24) is 0 Å². The van der Waals surface area contributed by atoms with Gasteiger partial charge < -0.3 is 15.1 Å². The Hall–Kier alpha value is -2.40. The van der Waals surface area contributed by atoms with E-state index in [1.165, 1.54) is 23.1 Å². The lowest BCUT2D eigenvalue weighted by atomic mass is 10.1. The van der Waals surface area contributed by atoms with Crippen molar-refractivity contribution in [2.24, 2.45) is 11.0 Å². The number of rotatable bonds is 3. The molecule has 1 aromatic rings. The largest absolute Gasteiger partial charge is 0.508 e. The first-order valence-electron chi connectivity index (χ1n) is 5.44. The van der Waals surface area contributed by atoms with Crippen LogP contribution in [0.3, 0.4) is 0 Å².